The number of rotatable bonds is 6. The number of nitrogens with one attached hydrogen (secondary N) is 1. The maximum Gasteiger partial charge on any atom is 0.251 e. The smallest absolute Gasteiger partial charge is 0.251 e. The molecule has 6 nitrogen and oxygen atoms in total. The fourth-order valence-electron chi connectivity index (χ4n) is 2.31. The van der Waals surface area contributed by atoms with Gasteiger partial charge in [0.05, 0.1) is 0 Å². The van der Waals surface area contributed by atoms with Crippen LogP contribution in [0.1, 0.15) is 15.9 Å². The summed E-state index contributed by atoms with van der Waals surface area (Å²) in [5.74, 6) is 1.60. The number of aliphatic hydroxyl groups excluding tert-OH is 1. The van der Waals surface area contributed by atoms with Crippen LogP contribution in [0, 0.1) is 6.92 Å². The van der Waals surface area contributed by atoms with E-state index in [0.717, 1.165) is 11.3 Å². The summed E-state index contributed by atoms with van der Waals surface area (Å²) in [4.78, 5) is 12.1. The minimum absolute atomic E-state index is 0.0964. The van der Waals surface area contributed by atoms with Crippen LogP contribution in [0.2, 0.25) is 0 Å². The third-order valence-electron chi connectivity index (χ3n) is 3.66. The van der Waals surface area contributed by atoms with Gasteiger partial charge in [0.1, 0.15) is 18.5 Å². The number of hydrogen-bond donors (Lipinski definition) is 2. The van der Waals surface area contributed by atoms with Crippen molar-refractivity contribution >= 4 is 5.91 Å². The fraction of sp³-hybridized carbons (Fsp3) is 0.278. The van der Waals surface area contributed by atoms with Crippen LogP contribution in [-0.4, -0.2) is 37.1 Å². The van der Waals surface area contributed by atoms with Gasteiger partial charge in [0, 0.05) is 12.1 Å². The van der Waals surface area contributed by atoms with E-state index < -0.39 is 6.10 Å². The Kier molecular flexibility index (Phi) is 4.86. The van der Waals surface area contributed by atoms with Gasteiger partial charge in [-0.1, -0.05) is 18.2 Å². The molecule has 126 valence electrons. The molecular weight excluding hydrogens is 310 g/mol. The number of ether oxygens (including phenoxy) is 3. The number of carbonyl (C=O) groups excluding carboxylic acids is 1. The largest absolute Gasteiger partial charge is 0.491 e. The van der Waals surface area contributed by atoms with Gasteiger partial charge in [-0.05, 0) is 36.8 Å². The van der Waals surface area contributed by atoms with Gasteiger partial charge in [0.25, 0.3) is 5.91 Å². The van der Waals surface area contributed by atoms with Gasteiger partial charge in [-0.15, -0.1) is 0 Å². The Morgan fingerprint density at radius 3 is 2.88 bits per heavy atom. The van der Waals surface area contributed by atoms with Gasteiger partial charge < -0.3 is 24.6 Å². The van der Waals surface area contributed by atoms with Crippen LogP contribution in [0.15, 0.2) is 42.5 Å². The van der Waals surface area contributed by atoms with E-state index in [2.05, 4.69) is 5.32 Å². The van der Waals surface area contributed by atoms with E-state index in [4.69, 9.17) is 14.2 Å². The van der Waals surface area contributed by atoms with E-state index in [9.17, 15) is 9.90 Å². The normalized spacial score (nSPS) is 13.4. The number of amides is 1. The van der Waals surface area contributed by atoms with Crippen molar-refractivity contribution in [2.45, 2.75) is 13.0 Å². The first-order chi connectivity index (χ1) is 11.6. The van der Waals surface area contributed by atoms with Crippen molar-refractivity contribution in [1.82, 2.24) is 5.32 Å². The number of benzene rings is 2. The van der Waals surface area contributed by atoms with Crippen LogP contribution in [0.25, 0.3) is 0 Å². The molecule has 1 atom stereocenters. The molecule has 1 amide bonds. The predicted molar refractivity (Wildman–Crippen MR) is 87.6 cm³/mol. The van der Waals surface area contributed by atoms with Crippen LogP contribution in [0.4, 0.5) is 0 Å². The highest BCUT2D eigenvalue weighted by atomic mass is 16.7. The Morgan fingerprint density at radius 1 is 1.25 bits per heavy atom. The number of aryl methyl sites for hydroxylation is 1. The van der Waals surface area contributed by atoms with Gasteiger partial charge in [-0.3, -0.25) is 4.79 Å². The molecule has 6 heteroatoms. The maximum atomic E-state index is 12.1. The first-order valence-electron chi connectivity index (χ1n) is 7.68. The molecule has 2 aromatic carbocycles. The molecule has 0 bridgehead atoms. The molecule has 0 saturated carbocycles. The quantitative estimate of drug-likeness (QED) is 0.846. The summed E-state index contributed by atoms with van der Waals surface area (Å²) < 4.78 is 16.0. The van der Waals surface area contributed by atoms with E-state index in [-0.39, 0.29) is 25.9 Å². The maximum absolute atomic E-state index is 12.1. The van der Waals surface area contributed by atoms with Gasteiger partial charge >= 0.3 is 0 Å². The Balaban J connectivity index is 1.48. The Labute approximate surface area is 140 Å². The zero-order valence-electron chi connectivity index (χ0n) is 13.3. The van der Waals surface area contributed by atoms with Crippen molar-refractivity contribution in [3.05, 3.63) is 53.6 Å². The lowest BCUT2D eigenvalue weighted by Gasteiger charge is -2.14. The Bertz CT molecular complexity index is 731. The number of aliphatic hydroxyl groups is 1. The molecule has 2 N–H and O–H groups in total. The second-order valence-corrected chi connectivity index (χ2v) is 5.51. The minimum Gasteiger partial charge on any atom is -0.491 e. The third-order valence-corrected chi connectivity index (χ3v) is 3.66. The summed E-state index contributed by atoms with van der Waals surface area (Å²) in [6.45, 7) is 2.30. The number of para-hydroxylation sites is 1. The lowest BCUT2D eigenvalue weighted by atomic mass is 10.2. The fourth-order valence-corrected chi connectivity index (χ4v) is 2.31. The molecule has 1 aliphatic heterocycles. The van der Waals surface area contributed by atoms with Crippen LogP contribution in [0.5, 0.6) is 17.2 Å². The molecule has 2 aromatic rings. The molecular formula is C18H19NO5. The lowest BCUT2D eigenvalue weighted by molar-refractivity contribution is 0.0842. The molecule has 1 unspecified atom stereocenters. The van der Waals surface area contributed by atoms with Crippen molar-refractivity contribution in [1.29, 1.82) is 0 Å². The number of fused-ring (bicyclic) bond motifs is 1. The monoisotopic (exact) mass is 329 g/mol. The van der Waals surface area contributed by atoms with Crippen molar-refractivity contribution in [2.75, 3.05) is 19.9 Å². The number of hydrogen-bond acceptors (Lipinski definition) is 5. The first-order valence-corrected chi connectivity index (χ1v) is 7.68. The Hall–Kier alpha value is -2.73. The van der Waals surface area contributed by atoms with Crippen molar-refractivity contribution < 1.29 is 24.1 Å². The molecule has 1 heterocycles. The molecule has 0 aliphatic carbocycles. The Morgan fingerprint density at radius 2 is 2.04 bits per heavy atom. The molecule has 24 heavy (non-hydrogen) atoms. The summed E-state index contributed by atoms with van der Waals surface area (Å²) in [7, 11) is 0. The predicted octanol–water partition coefficient (Wildman–Crippen LogP) is 1.89. The summed E-state index contributed by atoms with van der Waals surface area (Å²) >= 11 is 0. The van der Waals surface area contributed by atoms with Crippen LogP contribution >= 0.6 is 0 Å². The second kappa shape index (κ2) is 7.23. The summed E-state index contributed by atoms with van der Waals surface area (Å²) in [5, 5.41) is 12.6. The zero-order valence-corrected chi connectivity index (χ0v) is 13.3. The minimum atomic E-state index is -0.803. The van der Waals surface area contributed by atoms with E-state index in [0.29, 0.717) is 17.1 Å². The molecule has 0 spiro atoms. The van der Waals surface area contributed by atoms with E-state index in [1.165, 1.54) is 0 Å². The molecule has 0 radical (unpaired) electrons. The lowest BCUT2D eigenvalue weighted by Crippen LogP contribution is -2.35. The van der Waals surface area contributed by atoms with Crippen LogP contribution < -0.4 is 19.5 Å². The highest BCUT2D eigenvalue weighted by molar-refractivity contribution is 5.94. The van der Waals surface area contributed by atoms with Crippen LogP contribution in [0.3, 0.4) is 0 Å². The molecule has 1 aliphatic rings. The molecule has 0 aromatic heterocycles. The first kappa shape index (κ1) is 16.1. The van der Waals surface area contributed by atoms with Gasteiger partial charge in [-0.25, -0.2) is 0 Å². The van der Waals surface area contributed by atoms with Crippen LogP contribution in [-0.2, 0) is 0 Å². The topological polar surface area (TPSA) is 77.0 Å². The summed E-state index contributed by atoms with van der Waals surface area (Å²) in [5.41, 5.74) is 1.44. The zero-order chi connectivity index (χ0) is 16.9. The van der Waals surface area contributed by atoms with Crippen molar-refractivity contribution in [3.8, 4) is 17.2 Å². The average Bonchev–Trinajstić information content (AvgIpc) is 3.06. The van der Waals surface area contributed by atoms with Crippen molar-refractivity contribution in [3.63, 3.8) is 0 Å². The average molecular weight is 329 g/mol. The molecule has 3 rings (SSSR count). The van der Waals surface area contributed by atoms with E-state index >= 15 is 0 Å². The molecule has 0 fully saturated rings. The molecule has 0 saturated heterocycles. The SMILES string of the molecule is Cc1ccccc1OCC(O)CNC(=O)c1ccc2c(c1)OCO2. The standard InChI is InChI=1S/C18H19NO5/c1-12-4-2-3-5-15(12)22-10-14(20)9-19-18(21)13-6-7-16-17(8-13)24-11-23-16/h2-8,14,20H,9-11H2,1H3,(H,19,21). The van der Waals surface area contributed by atoms with Crippen molar-refractivity contribution in [2.24, 2.45) is 0 Å². The highest BCUT2D eigenvalue weighted by Gasteiger charge is 2.17. The second-order valence-electron chi connectivity index (χ2n) is 5.51. The van der Waals surface area contributed by atoms with Gasteiger partial charge in [0.2, 0.25) is 6.79 Å². The van der Waals surface area contributed by atoms with E-state index in [1.54, 1.807) is 18.2 Å². The van der Waals surface area contributed by atoms with E-state index in [1.807, 2.05) is 31.2 Å². The summed E-state index contributed by atoms with van der Waals surface area (Å²) in [6, 6.07) is 12.5. The highest BCUT2D eigenvalue weighted by Crippen LogP contribution is 2.32. The van der Waals surface area contributed by atoms with Gasteiger partial charge in [-0.2, -0.15) is 0 Å². The summed E-state index contributed by atoms with van der Waals surface area (Å²) in [6.07, 6.45) is -0.803. The number of carbonyl (C=O) groups is 1. The van der Waals surface area contributed by atoms with Gasteiger partial charge in [0.15, 0.2) is 11.5 Å². The third kappa shape index (κ3) is 3.78.